The molecule has 2 heterocycles. The van der Waals surface area contributed by atoms with Crippen molar-refractivity contribution in [2.75, 3.05) is 13.1 Å². The largest absolute Gasteiger partial charge is 0.360 e. The molecule has 10 heteroatoms. The van der Waals surface area contributed by atoms with Gasteiger partial charge in [-0.25, -0.2) is 8.42 Å². The normalized spacial score (nSPS) is 11.9. The van der Waals surface area contributed by atoms with E-state index >= 15 is 0 Å². The van der Waals surface area contributed by atoms with Gasteiger partial charge in [-0.05, 0) is 31.2 Å². The van der Waals surface area contributed by atoms with E-state index in [1.54, 1.807) is 18.2 Å². The molecule has 0 aliphatic carbocycles. The molecule has 0 N–H and O–H groups in total. The molecule has 0 atom stereocenters. The molecule has 33 heavy (non-hydrogen) atoms. The highest BCUT2D eigenvalue weighted by Crippen LogP contribution is 2.31. The van der Waals surface area contributed by atoms with Crippen LogP contribution in [0.2, 0.25) is 0 Å². The number of sulfonamides is 1. The minimum Gasteiger partial charge on any atom is -0.360 e. The SMILES string of the molecule is CCN(CC)S(=O)(=O)c1cccc(-c2nnc(SCc3cc(C)no3)n2-c2ccccc2)c1. The number of benzene rings is 2. The Balaban J connectivity index is 1.76. The second kappa shape index (κ2) is 9.90. The number of hydrogen-bond acceptors (Lipinski definition) is 7. The Hall–Kier alpha value is -2.95. The minimum atomic E-state index is -3.59. The number of nitrogens with zero attached hydrogens (tertiary/aromatic N) is 5. The van der Waals surface area contributed by atoms with Crippen LogP contribution in [0.25, 0.3) is 17.1 Å². The van der Waals surface area contributed by atoms with E-state index in [0.29, 0.717) is 35.4 Å². The zero-order valence-corrected chi connectivity index (χ0v) is 20.3. The summed E-state index contributed by atoms with van der Waals surface area (Å²) in [5.74, 6) is 1.85. The molecule has 0 aliphatic heterocycles. The van der Waals surface area contributed by atoms with Crippen LogP contribution in [-0.2, 0) is 15.8 Å². The molecule has 0 aliphatic rings. The van der Waals surface area contributed by atoms with Crippen LogP contribution in [0.15, 0.2) is 75.2 Å². The highest BCUT2D eigenvalue weighted by Gasteiger charge is 2.23. The van der Waals surface area contributed by atoms with Crippen LogP contribution in [0.3, 0.4) is 0 Å². The highest BCUT2D eigenvalue weighted by molar-refractivity contribution is 7.98. The number of aryl methyl sites for hydroxylation is 1. The molecule has 2 aromatic heterocycles. The summed E-state index contributed by atoms with van der Waals surface area (Å²) in [4.78, 5) is 0.234. The lowest BCUT2D eigenvalue weighted by Gasteiger charge is -2.18. The summed E-state index contributed by atoms with van der Waals surface area (Å²) >= 11 is 1.47. The van der Waals surface area contributed by atoms with Gasteiger partial charge in [-0.3, -0.25) is 4.57 Å². The molecule has 0 amide bonds. The van der Waals surface area contributed by atoms with Crippen molar-refractivity contribution < 1.29 is 12.9 Å². The summed E-state index contributed by atoms with van der Waals surface area (Å²) in [6, 6.07) is 18.5. The first-order valence-corrected chi connectivity index (χ1v) is 13.0. The van der Waals surface area contributed by atoms with Gasteiger partial charge in [0.25, 0.3) is 0 Å². The van der Waals surface area contributed by atoms with Gasteiger partial charge in [0, 0.05) is 30.4 Å². The van der Waals surface area contributed by atoms with Crippen molar-refractivity contribution >= 4 is 21.8 Å². The third-order valence-electron chi connectivity index (χ3n) is 5.10. The first-order valence-electron chi connectivity index (χ1n) is 10.6. The van der Waals surface area contributed by atoms with Crippen molar-refractivity contribution in [1.82, 2.24) is 24.2 Å². The molecule has 0 saturated carbocycles. The topological polar surface area (TPSA) is 94.1 Å². The number of hydrogen-bond donors (Lipinski definition) is 0. The molecule has 0 bridgehead atoms. The molecular formula is C23H25N5O3S2. The van der Waals surface area contributed by atoms with Crippen LogP contribution < -0.4 is 0 Å². The summed E-state index contributed by atoms with van der Waals surface area (Å²) in [5.41, 5.74) is 2.37. The van der Waals surface area contributed by atoms with Crippen molar-refractivity contribution in [1.29, 1.82) is 0 Å². The van der Waals surface area contributed by atoms with E-state index in [9.17, 15) is 8.42 Å². The molecular weight excluding hydrogens is 458 g/mol. The highest BCUT2D eigenvalue weighted by atomic mass is 32.2. The molecule has 0 unspecified atom stereocenters. The fourth-order valence-electron chi connectivity index (χ4n) is 3.49. The Morgan fingerprint density at radius 2 is 1.76 bits per heavy atom. The summed E-state index contributed by atoms with van der Waals surface area (Å²) < 4.78 is 34.8. The van der Waals surface area contributed by atoms with Crippen LogP contribution >= 0.6 is 11.8 Å². The minimum absolute atomic E-state index is 0.234. The monoisotopic (exact) mass is 483 g/mol. The van der Waals surface area contributed by atoms with Crippen molar-refractivity contribution in [3.05, 3.63) is 72.1 Å². The molecule has 8 nitrogen and oxygen atoms in total. The predicted molar refractivity (Wildman–Crippen MR) is 128 cm³/mol. The van der Waals surface area contributed by atoms with Crippen molar-refractivity contribution in [2.24, 2.45) is 0 Å². The van der Waals surface area contributed by atoms with Gasteiger partial charge in [-0.2, -0.15) is 4.31 Å². The average Bonchev–Trinajstić information content (AvgIpc) is 3.45. The Kier molecular flexibility index (Phi) is 6.96. The van der Waals surface area contributed by atoms with Crippen LogP contribution in [0.1, 0.15) is 25.3 Å². The first-order chi connectivity index (χ1) is 15.9. The van der Waals surface area contributed by atoms with E-state index in [-0.39, 0.29) is 4.90 Å². The fourth-order valence-corrected chi connectivity index (χ4v) is 5.82. The van der Waals surface area contributed by atoms with E-state index in [1.165, 1.54) is 16.1 Å². The molecule has 0 spiro atoms. The van der Waals surface area contributed by atoms with Crippen LogP contribution in [0.5, 0.6) is 0 Å². The molecule has 0 saturated heterocycles. The lowest BCUT2D eigenvalue weighted by molar-refractivity contribution is 0.391. The first kappa shape index (κ1) is 23.2. The van der Waals surface area contributed by atoms with E-state index < -0.39 is 10.0 Å². The van der Waals surface area contributed by atoms with Crippen molar-refractivity contribution in [2.45, 2.75) is 36.6 Å². The van der Waals surface area contributed by atoms with Gasteiger partial charge in [0.15, 0.2) is 11.0 Å². The van der Waals surface area contributed by atoms with Gasteiger partial charge in [-0.15, -0.1) is 10.2 Å². The molecule has 172 valence electrons. The second-order valence-electron chi connectivity index (χ2n) is 7.32. The molecule has 2 aromatic carbocycles. The number of rotatable bonds is 9. The molecule has 0 fully saturated rings. The Morgan fingerprint density at radius 3 is 2.42 bits per heavy atom. The maximum absolute atomic E-state index is 13.1. The van der Waals surface area contributed by atoms with Gasteiger partial charge in [0.2, 0.25) is 10.0 Å². The predicted octanol–water partition coefficient (Wildman–Crippen LogP) is 4.55. The summed E-state index contributed by atoms with van der Waals surface area (Å²) in [5, 5.41) is 13.4. The smallest absolute Gasteiger partial charge is 0.243 e. The Bertz CT molecular complexity index is 1330. The lowest BCUT2D eigenvalue weighted by Crippen LogP contribution is -2.30. The number of thioether (sulfide) groups is 1. The van der Waals surface area contributed by atoms with Crippen molar-refractivity contribution in [3.63, 3.8) is 0 Å². The van der Waals surface area contributed by atoms with Gasteiger partial charge in [-0.1, -0.05) is 61.1 Å². The Labute approximate surface area is 197 Å². The maximum atomic E-state index is 13.1. The van der Waals surface area contributed by atoms with E-state index in [0.717, 1.165) is 17.1 Å². The van der Waals surface area contributed by atoms with E-state index in [2.05, 4.69) is 15.4 Å². The quantitative estimate of drug-likeness (QED) is 0.322. The summed E-state index contributed by atoms with van der Waals surface area (Å²) in [6.45, 7) is 6.35. The Morgan fingerprint density at radius 1 is 1.00 bits per heavy atom. The number of para-hydroxylation sites is 1. The molecule has 4 aromatic rings. The van der Waals surface area contributed by atoms with Crippen molar-refractivity contribution in [3.8, 4) is 17.1 Å². The van der Waals surface area contributed by atoms with Crippen LogP contribution in [-0.4, -0.2) is 45.7 Å². The average molecular weight is 484 g/mol. The van der Waals surface area contributed by atoms with Gasteiger partial charge < -0.3 is 4.52 Å². The van der Waals surface area contributed by atoms with Gasteiger partial charge in [0.1, 0.15) is 5.76 Å². The van der Waals surface area contributed by atoms with Gasteiger partial charge >= 0.3 is 0 Å². The zero-order chi connectivity index (χ0) is 23.4. The lowest BCUT2D eigenvalue weighted by atomic mass is 10.2. The van der Waals surface area contributed by atoms with Crippen LogP contribution in [0.4, 0.5) is 0 Å². The zero-order valence-electron chi connectivity index (χ0n) is 18.7. The number of aromatic nitrogens is 4. The fraction of sp³-hybridized carbons (Fsp3) is 0.261. The third-order valence-corrected chi connectivity index (χ3v) is 8.10. The van der Waals surface area contributed by atoms with Crippen LogP contribution in [0, 0.1) is 6.92 Å². The second-order valence-corrected chi connectivity index (χ2v) is 10.2. The molecule has 4 rings (SSSR count). The molecule has 0 radical (unpaired) electrons. The third kappa shape index (κ3) is 4.87. The maximum Gasteiger partial charge on any atom is 0.243 e. The van der Waals surface area contributed by atoms with Gasteiger partial charge in [0.05, 0.1) is 16.3 Å². The summed E-state index contributed by atoms with van der Waals surface area (Å²) in [7, 11) is -3.59. The summed E-state index contributed by atoms with van der Waals surface area (Å²) in [6.07, 6.45) is 0. The standard InChI is InChI=1S/C23H25N5O3S2/c1-4-27(5-2)33(29,30)21-13-9-10-18(15-21)22-24-25-23(28(22)19-11-7-6-8-12-19)32-16-20-14-17(3)26-31-20/h6-15H,4-5,16H2,1-3H3. The van der Waals surface area contributed by atoms with E-state index in [4.69, 9.17) is 4.52 Å². The van der Waals surface area contributed by atoms with E-state index in [1.807, 2.05) is 67.8 Å².